The molecule has 0 aliphatic heterocycles. The summed E-state index contributed by atoms with van der Waals surface area (Å²) in [6.07, 6.45) is -0.598. The second-order valence-electron chi connectivity index (χ2n) is 3.72. The van der Waals surface area contributed by atoms with E-state index in [1.54, 1.807) is 0 Å². The highest BCUT2D eigenvalue weighted by molar-refractivity contribution is 5.95. The Bertz CT molecular complexity index is 353. The van der Waals surface area contributed by atoms with Crippen LogP contribution in [0.2, 0.25) is 0 Å². The largest absolute Gasteiger partial charge is 0.370 e. The van der Waals surface area contributed by atoms with Crippen LogP contribution in [0.3, 0.4) is 0 Å². The van der Waals surface area contributed by atoms with Crippen molar-refractivity contribution in [2.24, 2.45) is 5.73 Å². The van der Waals surface area contributed by atoms with Crippen LogP contribution in [0.15, 0.2) is 18.2 Å². The van der Waals surface area contributed by atoms with E-state index in [-0.39, 0.29) is 12.5 Å². The quantitative estimate of drug-likeness (QED) is 0.805. The van der Waals surface area contributed by atoms with Crippen LogP contribution >= 0.6 is 0 Å². The average molecular weight is 222 g/mol. The third-order valence-electron chi connectivity index (χ3n) is 2.52. The van der Waals surface area contributed by atoms with Crippen LogP contribution in [0.4, 0.5) is 5.69 Å². The van der Waals surface area contributed by atoms with Crippen molar-refractivity contribution in [3.05, 3.63) is 29.3 Å². The molecule has 0 heterocycles. The van der Waals surface area contributed by atoms with E-state index in [4.69, 9.17) is 10.5 Å². The van der Waals surface area contributed by atoms with Gasteiger partial charge in [0, 0.05) is 19.3 Å². The molecule has 1 rings (SSSR count). The number of carbonyl (C=O) groups excluding carboxylic acids is 1. The number of hydrogen-bond donors (Lipinski definition) is 2. The molecule has 1 amide bonds. The van der Waals surface area contributed by atoms with Crippen LogP contribution in [0.5, 0.6) is 0 Å². The highest BCUT2D eigenvalue weighted by Crippen LogP contribution is 2.19. The van der Waals surface area contributed by atoms with E-state index in [1.165, 1.54) is 7.11 Å². The van der Waals surface area contributed by atoms with Gasteiger partial charge in [-0.1, -0.05) is 18.2 Å². The number of amides is 1. The Kier molecular flexibility index (Phi) is 4.46. The summed E-state index contributed by atoms with van der Waals surface area (Å²) in [4.78, 5) is 11.8. The standard InChI is InChI=1S/C12H18N2O2/c1-8-5-4-6-9(2)11(8)14-12(15)10(7-13)16-3/h4-6,10H,7,13H2,1-3H3,(H,14,15). The fraction of sp³-hybridized carbons (Fsp3) is 0.417. The maximum absolute atomic E-state index is 11.8. The molecule has 3 N–H and O–H groups in total. The van der Waals surface area contributed by atoms with Crippen LogP contribution in [0.25, 0.3) is 0 Å². The summed E-state index contributed by atoms with van der Waals surface area (Å²) in [5.74, 6) is -0.206. The van der Waals surface area contributed by atoms with E-state index in [9.17, 15) is 4.79 Å². The molecule has 0 saturated carbocycles. The summed E-state index contributed by atoms with van der Waals surface area (Å²) in [6, 6.07) is 5.86. The molecule has 0 aliphatic rings. The number of para-hydroxylation sites is 1. The molecule has 0 radical (unpaired) electrons. The Balaban J connectivity index is 2.84. The van der Waals surface area contributed by atoms with E-state index < -0.39 is 6.10 Å². The topological polar surface area (TPSA) is 64.3 Å². The highest BCUT2D eigenvalue weighted by Gasteiger charge is 2.17. The van der Waals surface area contributed by atoms with E-state index in [0.717, 1.165) is 16.8 Å². The molecule has 0 spiro atoms. The Morgan fingerprint density at radius 3 is 2.44 bits per heavy atom. The van der Waals surface area contributed by atoms with Gasteiger partial charge >= 0.3 is 0 Å². The van der Waals surface area contributed by atoms with Crippen molar-refractivity contribution in [3.8, 4) is 0 Å². The van der Waals surface area contributed by atoms with Gasteiger partial charge in [0.1, 0.15) is 6.10 Å². The van der Waals surface area contributed by atoms with Crippen LogP contribution in [-0.4, -0.2) is 25.7 Å². The molecular weight excluding hydrogens is 204 g/mol. The SMILES string of the molecule is COC(CN)C(=O)Nc1c(C)cccc1C. The molecule has 0 bridgehead atoms. The summed E-state index contributed by atoms with van der Waals surface area (Å²) >= 11 is 0. The molecular formula is C12H18N2O2. The number of carbonyl (C=O) groups is 1. The summed E-state index contributed by atoms with van der Waals surface area (Å²) in [7, 11) is 1.47. The van der Waals surface area contributed by atoms with E-state index in [0.29, 0.717) is 0 Å². The van der Waals surface area contributed by atoms with Crippen molar-refractivity contribution >= 4 is 11.6 Å². The lowest BCUT2D eigenvalue weighted by Gasteiger charge is -2.16. The van der Waals surface area contributed by atoms with Gasteiger partial charge in [0.2, 0.25) is 0 Å². The van der Waals surface area contributed by atoms with Crippen molar-refractivity contribution in [3.63, 3.8) is 0 Å². The minimum atomic E-state index is -0.598. The second kappa shape index (κ2) is 5.63. The predicted molar refractivity (Wildman–Crippen MR) is 64.4 cm³/mol. The minimum absolute atomic E-state index is 0.174. The number of nitrogens with two attached hydrogens (primary N) is 1. The number of benzene rings is 1. The summed E-state index contributed by atoms with van der Waals surface area (Å²) in [5, 5.41) is 2.84. The minimum Gasteiger partial charge on any atom is -0.370 e. The van der Waals surface area contributed by atoms with Crippen molar-refractivity contribution < 1.29 is 9.53 Å². The van der Waals surface area contributed by atoms with E-state index in [2.05, 4.69) is 5.32 Å². The molecule has 16 heavy (non-hydrogen) atoms. The third-order valence-corrected chi connectivity index (χ3v) is 2.52. The molecule has 4 nitrogen and oxygen atoms in total. The van der Waals surface area contributed by atoms with Gasteiger partial charge in [0.05, 0.1) is 0 Å². The molecule has 1 atom stereocenters. The summed E-state index contributed by atoms with van der Waals surface area (Å²) < 4.78 is 4.98. The fourth-order valence-corrected chi connectivity index (χ4v) is 1.53. The smallest absolute Gasteiger partial charge is 0.254 e. The second-order valence-corrected chi connectivity index (χ2v) is 3.72. The Morgan fingerprint density at radius 2 is 2.00 bits per heavy atom. The summed E-state index contributed by atoms with van der Waals surface area (Å²) in [5.41, 5.74) is 8.32. The predicted octanol–water partition coefficient (Wildman–Crippen LogP) is 1.22. The first-order chi connectivity index (χ1) is 7.60. The number of aryl methyl sites for hydroxylation is 2. The van der Waals surface area contributed by atoms with E-state index in [1.807, 2.05) is 32.0 Å². The third kappa shape index (κ3) is 2.81. The number of nitrogens with one attached hydrogen (secondary N) is 1. The first kappa shape index (κ1) is 12.7. The number of hydrogen-bond acceptors (Lipinski definition) is 3. The monoisotopic (exact) mass is 222 g/mol. The van der Waals surface area contributed by atoms with E-state index >= 15 is 0 Å². The zero-order valence-corrected chi connectivity index (χ0v) is 9.91. The van der Waals surface area contributed by atoms with Gasteiger partial charge in [0.25, 0.3) is 5.91 Å². The number of anilines is 1. The Labute approximate surface area is 95.8 Å². The van der Waals surface area contributed by atoms with Gasteiger partial charge in [-0.3, -0.25) is 4.79 Å². The van der Waals surface area contributed by atoms with Crippen molar-refractivity contribution in [1.29, 1.82) is 0 Å². The highest BCUT2D eigenvalue weighted by atomic mass is 16.5. The van der Waals surface area contributed by atoms with Gasteiger partial charge in [-0.2, -0.15) is 0 Å². The fourth-order valence-electron chi connectivity index (χ4n) is 1.53. The molecule has 1 aromatic rings. The van der Waals surface area contributed by atoms with Gasteiger partial charge in [-0.05, 0) is 25.0 Å². The normalized spacial score (nSPS) is 12.2. The number of rotatable bonds is 4. The van der Waals surface area contributed by atoms with Crippen LogP contribution in [-0.2, 0) is 9.53 Å². The average Bonchev–Trinajstić information content (AvgIpc) is 2.25. The maximum atomic E-state index is 11.8. The van der Waals surface area contributed by atoms with Gasteiger partial charge in [0.15, 0.2) is 0 Å². The van der Waals surface area contributed by atoms with Crippen molar-refractivity contribution in [1.82, 2.24) is 0 Å². The molecule has 1 unspecified atom stereocenters. The molecule has 0 aliphatic carbocycles. The first-order valence-electron chi connectivity index (χ1n) is 5.20. The Morgan fingerprint density at radius 1 is 1.44 bits per heavy atom. The molecule has 88 valence electrons. The van der Waals surface area contributed by atoms with Gasteiger partial charge < -0.3 is 15.8 Å². The molecule has 1 aromatic carbocycles. The first-order valence-corrected chi connectivity index (χ1v) is 5.20. The van der Waals surface area contributed by atoms with Crippen LogP contribution in [0.1, 0.15) is 11.1 Å². The summed E-state index contributed by atoms with van der Waals surface area (Å²) in [6.45, 7) is 4.08. The van der Waals surface area contributed by atoms with Gasteiger partial charge in [-0.15, -0.1) is 0 Å². The maximum Gasteiger partial charge on any atom is 0.254 e. The zero-order valence-electron chi connectivity index (χ0n) is 9.91. The molecule has 0 saturated heterocycles. The number of methoxy groups -OCH3 is 1. The lowest BCUT2D eigenvalue weighted by Crippen LogP contribution is -2.36. The lowest BCUT2D eigenvalue weighted by atomic mass is 10.1. The Hall–Kier alpha value is -1.39. The van der Waals surface area contributed by atoms with Crippen LogP contribution < -0.4 is 11.1 Å². The molecule has 0 aromatic heterocycles. The zero-order chi connectivity index (χ0) is 12.1. The molecule has 0 fully saturated rings. The number of ether oxygens (including phenoxy) is 1. The van der Waals surface area contributed by atoms with Crippen molar-refractivity contribution in [2.75, 3.05) is 19.0 Å². The van der Waals surface area contributed by atoms with Crippen molar-refractivity contribution in [2.45, 2.75) is 20.0 Å². The van der Waals surface area contributed by atoms with Crippen LogP contribution in [0, 0.1) is 13.8 Å². The van der Waals surface area contributed by atoms with Gasteiger partial charge in [-0.25, -0.2) is 0 Å². The molecule has 4 heteroatoms. The lowest BCUT2D eigenvalue weighted by molar-refractivity contribution is -0.125.